The number of benzene rings is 2. The summed E-state index contributed by atoms with van der Waals surface area (Å²) in [6, 6.07) is 7.47. The third kappa shape index (κ3) is 3.11. The van der Waals surface area contributed by atoms with E-state index in [1.54, 1.807) is 0 Å². The summed E-state index contributed by atoms with van der Waals surface area (Å²) in [6.45, 7) is 2.79. The molecule has 2 aliphatic heterocycles. The molecule has 2 aliphatic rings. The zero-order chi connectivity index (χ0) is 19.4. The van der Waals surface area contributed by atoms with Crippen LogP contribution in [0.15, 0.2) is 41.3 Å². The summed E-state index contributed by atoms with van der Waals surface area (Å²) in [5, 5.41) is 0. The lowest BCUT2D eigenvalue weighted by Gasteiger charge is -2.58. The Labute approximate surface area is 157 Å². The molecule has 27 heavy (non-hydrogen) atoms. The van der Waals surface area contributed by atoms with Crippen molar-refractivity contribution in [1.82, 2.24) is 9.21 Å². The number of rotatable bonds is 4. The van der Waals surface area contributed by atoms with Crippen LogP contribution in [0.5, 0.6) is 5.75 Å². The van der Waals surface area contributed by atoms with Gasteiger partial charge in [-0.1, -0.05) is 0 Å². The van der Waals surface area contributed by atoms with E-state index < -0.39 is 21.7 Å². The average Bonchev–Trinajstić information content (AvgIpc) is 2.55. The monoisotopic (exact) mass is 394 g/mol. The Balaban J connectivity index is 1.68. The van der Waals surface area contributed by atoms with Gasteiger partial charge in [0.15, 0.2) is 0 Å². The minimum absolute atomic E-state index is 0.0722. The van der Waals surface area contributed by atoms with Crippen molar-refractivity contribution in [3.05, 3.63) is 48.0 Å². The quantitative estimate of drug-likeness (QED) is 0.800. The van der Waals surface area contributed by atoms with Gasteiger partial charge in [0.25, 0.3) is 0 Å². The van der Waals surface area contributed by atoms with Gasteiger partial charge in [0.2, 0.25) is 10.0 Å². The highest BCUT2D eigenvalue weighted by Gasteiger charge is 2.54. The van der Waals surface area contributed by atoms with E-state index in [2.05, 4.69) is 4.90 Å². The Morgan fingerprint density at radius 2 is 1.63 bits per heavy atom. The second kappa shape index (κ2) is 6.25. The van der Waals surface area contributed by atoms with Gasteiger partial charge < -0.3 is 9.64 Å². The number of nitrogens with zero attached hydrogens (tertiary/aromatic N) is 2. The molecular formula is C19H20F2N2O3S. The summed E-state index contributed by atoms with van der Waals surface area (Å²) < 4.78 is 59.9. The van der Waals surface area contributed by atoms with E-state index in [-0.39, 0.29) is 15.9 Å². The number of halogens is 2. The molecule has 144 valence electrons. The van der Waals surface area contributed by atoms with Gasteiger partial charge in [-0.25, -0.2) is 17.2 Å². The highest BCUT2D eigenvalue weighted by Crippen LogP contribution is 2.42. The molecule has 0 N–H and O–H groups in total. The Bertz CT molecular complexity index is 976. The van der Waals surface area contributed by atoms with Crippen LogP contribution in [-0.4, -0.2) is 58.0 Å². The van der Waals surface area contributed by atoms with E-state index in [1.807, 2.05) is 7.05 Å². The molecule has 2 aromatic carbocycles. The van der Waals surface area contributed by atoms with Crippen LogP contribution in [0, 0.1) is 17.0 Å². The second-order valence-corrected chi connectivity index (χ2v) is 9.40. The van der Waals surface area contributed by atoms with Crippen molar-refractivity contribution in [3.63, 3.8) is 0 Å². The summed E-state index contributed by atoms with van der Waals surface area (Å²) in [6.07, 6.45) is 0. The maximum atomic E-state index is 13.6. The molecule has 8 heteroatoms. The van der Waals surface area contributed by atoms with Gasteiger partial charge in [0, 0.05) is 43.2 Å². The number of methoxy groups -OCH3 is 1. The smallest absolute Gasteiger partial charge is 0.243 e. The fraction of sp³-hybridized carbons (Fsp3) is 0.368. The molecule has 0 amide bonds. The molecular weight excluding hydrogens is 374 g/mol. The van der Waals surface area contributed by atoms with Crippen LogP contribution in [0.1, 0.15) is 0 Å². The van der Waals surface area contributed by atoms with E-state index in [4.69, 9.17) is 4.74 Å². The SMILES string of the molecule is COc1ccc(S(=O)(=O)N2CC3(CN(C)C3)C2)cc1-c1cc(F)cc(F)c1. The van der Waals surface area contributed by atoms with Crippen LogP contribution in [0.4, 0.5) is 8.78 Å². The first-order chi connectivity index (χ1) is 12.7. The summed E-state index contributed by atoms with van der Waals surface area (Å²) >= 11 is 0. The van der Waals surface area contributed by atoms with Crippen molar-refractivity contribution in [1.29, 1.82) is 0 Å². The molecule has 5 nitrogen and oxygen atoms in total. The highest BCUT2D eigenvalue weighted by atomic mass is 32.2. The van der Waals surface area contributed by atoms with Gasteiger partial charge in [-0.15, -0.1) is 0 Å². The maximum absolute atomic E-state index is 13.6. The molecule has 0 aliphatic carbocycles. The average molecular weight is 394 g/mol. The van der Waals surface area contributed by atoms with Gasteiger partial charge in [-0.3, -0.25) is 0 Å². The minimum Gasteiger partial charge on any atom is -0.496 e. The van der Waals surface area contributed by atoms with E-state index in [0.29, 0.717) is 24.4 Å². The van der Waals surface area contributed by atoms with Crippen molar-refractivity contribution < 1.29 is 21.9 Å². The topological polar surface area (TPSA) is 49.9 Å². The third-order valence-electron chi connectivity index (χ3n) is 5.22. The molecule has 0 aromatic heterocycles. The Hall–Kier alpha value is -2.03. The molecule has 2 heterocycles. The van der Waals surface area contributed by atoms with Gasteiger partial charge in [0.1, 0.15) is 17.4 Å². The van der Waals surface area contributed by atoms with Crippen LogP contribution >= 0.6 is 0 Å². The molecule has 4 rings (SSSR count). The van der Waals surface area contributed by atoms with E-state index in [1.165, 1.54) is 29.6 Å². The summed E-state index contributed by atoms with van der Waals surface area (Å²) in [4.78, 5) is 2.25. The third-order valence-corrected chi connectivity index (χ3v) is 7.00. The summed E-state index contributed by atoms with van der Waals surface area (Å²) in [5.41, 5.74) is 0.626. The van der Waals surface area contributed by atoms with Crippen LogP contribution in [0.2, 0.25) is 0 Å². The molecule has 0 bridgehead atoms. The highest BCUT2D eigenvalue weighted by molar-refractivity contribution is 7.89. The lowest BCUT2D eigenvalue weighted by molar-refractivity contribution is -0.0672. The van der Waals surface area contributed by atoms with Gasteiger partial charge in [-0.05, 0) is 42.9 Å². The molecule has 1 spiro atoms. The van der Waals surface area contributed by atoms with E-state index in [0.717, 1.165) is 31.3 Å². The van der Waals surface area contributed by atoms with Gasteiger partial charge in [0.05, 0.1) is 12.0 Å². The zero-order valence-corrected chi connectivity index (χ0v) is 15.9. The normalized spacial score (nSPS) is 19.6. The predicted octanol–water partition coefficient (Wildman–Crippen LogP) is 2.58. The molecule has 0 saturated carbocycles. The lowest BCUT2D eigenvalue weighted by atomic mass is 9.75. The maximum Gasteiger partial charge on any atom is 0.243 e. The van der Waals surface area contributed by atoms with E-state index in [9.17, 15) is 17.2 Å². The van der Waals surface area contributed by atoms with Crippen molar-refractivity contribution in [2.24, 2.45) is 5.41 Å². The molecule has 2 fully saturated rings. The number of hydrogen-bond donors (Lipinski definition) is 0. The summed E-state index contributed by atoms with van der Waals surface area (Å²) in [5.74, 6) is -1.13. The molecule has 0 atom stereocenters. The Kier molecular flexibility index (Phi) is 4.25. The molecule has 2 saturated heterocycles. The number of ether oxygens (including phenoxy) is 1. The lowest BCUT2D eigenvalue weighted by Crippen LogP contribution is -2.71. The van der Waals surface area contributed by atoms with Crippen molar-refractivity contribution in [2.75, 3.05) is 40.3 Å². The van der Waals surface area contributed by atoms with Gasteiger partial charge >= 0.3 is 0 Å². The van der Waals surface area contributed by atoms with Crippen LogP contribution in [-0.2, 0) is 10.0 Å². The molecule has 2 aromatic rings. The number of likely N-dealkylation sites (tertiary alicyclic amines) is 1. The van der Waals surface area contributed by atoms with Crippen molar-refractivity contribution >= 4 is 10.0 Å². The fourth-order valence-electron chi connectivity index (χ4n) is 4.10. The first kappa shape index (κ1) is 18.3. The first-order valence-electron chi connectivity index (χ1n) is 8.56. The standard InChI is InChI=1S/C19H20F2N2O3S/c1-22-9-19(10-22)11-23(12-19)27(24,25)16-3-4-18(26-2)17(8-16)13-5-14(20)7-15(21)6-13/h3-8H,9-12H2,1-2H3. The Morgan fingerprint density at radius 3 is 2.19 bits per heavy atom. The van der Waals surface area contributed by atoms with Gasteiger partial charge in [-0.2, -0.15) is 4.31 Å². The number of sulfonamides is 1. The van der Waals surface area contributed by atoms with Crippen molar-refractivity contribution in [2.45, 2.75) is 4.90 Å². The molecule has 0 unspecified atom stereocenters. The summed E-state index contributed by atoms with van der Waals surface area (Å²) in [7, 11) is -0.235. The van der Waals surface area contributed by atoms with Crippen molar-refractivity contribution in [3.8, 4) is 16.9 Å². The van der Waals surface area contributed by atoms with E-state index >= 15 is 0 Å². The largest absolute Gasteiger partial charge is 0.496 e. The van der Waals surface area contributed by atoms with Crippen LogP contribution in [0.25, 0.3) is 11.1 Å². The minimum atomic E-state index is -3.67. The predicted molar refractivity (Wildman–Crippen MR) is 97.0 cm³/mol. The number of hydrogen-bond acceptors (Lipinski definition) is 4. The second-order valence-electron chi connectivity index (χ2n) is 7.47. The van der Waals surface area contributed by atoms with Crippen LogP contribution in [0.3, 0.4) is 0 Å². The Morgan fingerprint density at radius 1 is 1.00 bits per heavy atom. The molecule has 0 radical (unpaired) electrons. The first-order valence-corrected chi connectivity index (χ1v) is 10.00. The zero-order valence-electron chi connectivity index (χ0n) is 15.1. The fourth-order valence-corrected chi connectivity index (χ4v) is 5.79. The van der Waals surface area contributed by atoms with Crippen LogP contribution < -0.4 is 4.74 Å².